The molecular weight excluding hydrogens is 559 g/mol. The molecule has 0 aliphatic heterocycles. The minimum atomic E-state index is 1.20. The number of hydrogen-bond acceptors (Lipinski definition) is 2. The van der Waals surface area contributed by atoms with Crippen LogP contribution in [0.25, 0.3) is 89.7 Å². The quantitative estimate of drug-likeness (QED) is 0.191. The third-order valence-corrected chi connectivity index (χ3v) is 11.5. The van der Waals surface area contributed by atoms with E-state index in [4.69, 9.17) is 0 Å². The van der Waals surface area contributed by atoms with Crippen molar-refractivity contribution in [3.8, 4) is 16.8 Å². The number of hydrogen-bond donors (Lipinski definition) is 0. The maximum atomic E-state index is 2.49. The number of thiophene rings is 2. The van der Waals surface area contributed by atoms with Crippen molar-refractivity contribution in [3.05, 3.63) is 140 Å². The molecule has 0 spiro atoms. The Morgan fingerprint density at radius 3 is 1.98 bits per heavy atom. The monoisotopic (exact) mass is 581 g/mol. The largest absolute Gasteiger partial charge is 0.308 e. The van der Waals surface area contributed by atoms with Gasteiger partial charge in [-0.1, -0.05) is 103 Å². The summed E-state index contributed by atoms with van der Waals surface area (Å²) in [6, 6.07) is 51.5. The molecule has 0 fully saturated rings. The minimum absolute atomic E-state index is 1.20. The Hall–Kier alpha value is -4.96. The fraction of sp³-hybridized carbons (Fsp3) is 0. The fourth-order valence-corrected chi connectivity index (χ4v) is 9.68. The van der Waals surface area contributed by atoms with E-state index in [0.717, 1.165) is 0 Å². The summed E-state index contributed by atoms with van der Waals surface area (Å²) >= 11 is 3.86. The molecule has 3 aromatic heterocycles. The summed E-state index contributed by atoms with van der Waals surface area (Å²) in [6.45, 7) is 0. The molecule has 10 rings (SSSR count). The van der Waals surface area contributed by atoms with Crippen LogP contribution < -0.4 is 0 Å². The molecule has 200 valence electrons. The topological polar surface area (TPSA) is 4.93 Å². The van der Waals surface area contributed by atoms with Gasteiger partial charge in [-0.3, -0.25) is 0 Å². The maximum Gasteiger partial charge on any atom is 0.0891 e. The van der Waals surface area contributed by atoms with Crippen LogP contribution in [0.4, 0.5) is 0 Å². The van der Waals surface area contributed by atoms with E-state index in [2.05, 4.69) is 144 Å². The molecule has 43 heavy (non-hydrogen) atoms. The first kappa shape index (κ1) is 23.6. The number of benzene rings is 7. The van der Waals surface area contributed by atoms with Crippen LogP contribution in [0, 0.1) is 0 Å². The molecular formula is C40H23NS2. The van der Waals surface area contributed by atoms with Crippen molar-refractivity contribution < 1.29 is 0 Å². The predicted octanol–water partition coefficient (Wildman–Crippen LogP) is 12.3. The Bertz CT molecular complexity index is 2740. The molecule has 0 aliphatic carbocycles. The molecule has 3 heteroatoms. The molecule has 1 nitrogen and oxygen atoms in total. The lowest BCUT2D eigenvalue weighted by Gasteiger charge is -2.11. The van der Waals surface area contributed by atoms with Gasteiger partial charge in [0.25, 0.3) is 0 Å². The number of para-hydroxylation sites is 1. The lowest BCUT2D eigenvalue weighted by atomic mass is 9.98. The maximum absolute atomic E-state index is 2.49. The molecule has 0 saturated heterocycles. The molecule has 0 radical (unpaired) electrons. The average molecular weight is 582 g/mol. The summed E-state index contributed by atoms with van der Waals surface area (Å²) in [5, 5.41) is 11.8. The predicted molar refractivity (Wildman–Crippen MR) is 190 cm³/mol. The van der Waals surface area contributed by atoms with Gasteiger partial charge in [-0.2, -0.15) is 0 Å². The van der Waals surface area contributed by atoms with Crippen molar-refractivity contribution in [2.75, 3.05) is 0 Å². The fourth-order valence-electron chi connectivity index (χ4n) is 6.96. The van der Waals surface area contributed by atoms with Gasteiger partial charge in [0, 0.05) is 37.3 Å². The van der Waals surface area contributed by atoms with Crippen molar-refractivity contribution in [1.82, 2.24) is 4.57 Å². The SMILES string of the molecule is c1ccc2cc(-c3ccc4cc(-n5c6ccccc6c6ccc7c(sc8sc9ccccc9c87)c65)ccc4c3)ccc2c1. The van der Waals surface area contributed by atoms with E-state index in [1.807, 2.05) is 22.7 Å². The van der Waals surface area contributed by atoms with Gasteiger partial charge in [-0.25, -0.2) is 0 Å². The zero-order chi connectivity index (χ0) is 28.1. The summed E-state index contributed by atoms with van der Waals surface area (Å²) in [7, 11) is 0. The summed E-state index contributed by atoms with van der Waals surface area (Å²) in [5.74, 6) is 0. The van der Waals surface area contributed by atoms with Gasteiger partial charge >= 0.3 is 0 Å². The van der Waals surface area contributed by atoms with Crippen molar-refractivity contribution in [2.45, 2.75) is 0 Å². The summed E-state index contributed by atoms with van der Waals surface area (Å²) in [6.07, 6.45) is 0. The van der Waals surface area contributed by atoms with Crippen LogP contribution in [0.5, 0.6) is 0 Å². The van der Waals surface area contributed by atoms with Crippen LogP contribution in [0.3, 0.4) is 0 Å². The zero-order valence-corrected chi connectivity index (χ0v) is 24.7. The van der Waals surface area contributed by atoms with Gasteiger partial charge < -0.3 is 4.57 Å². The third kappa shape index (κ3) is 3.38. The highest BCUT2D eigenvalue weighted by Gasteiger charge is 2.20. The Morgan fingerprint density at radius 2 is 1.09 bits per heavy atom. The molecule has 7 aromatic carbocycles. The summed E-state index contributed by atoms with van der Waals surface area (Å²) in [4.78, 5) is 0. The smallest absolute Gasteiger partial charge is 0.0891 e. The molecule has 0 amide bonds. The Kier molecular flexibility index (Phi) is 4.81. The number of rotatable bonds is 2. The van der Waals surface area contributed by atoms with Crippen molar-refractivity contribution in [2.24, 2.45) is 0 Å². The Balaban J connectivity index is 1.20. The molecule has 0 unspecified atom stereocenters. The van der Waals surface area contributed by atoms with E-state index >= 15 is 0 Å². The van der Waals surface area contributed by atoms with Gasteiger partial charge in [-0.05, 0) is 69.1 Å². The molecule has 0 atom stereocenters. The van der Waals surface area contributed by atoms with Crippen LogP contribution in [0.15, 0.2) is 140 Å². The lowest BCUT2D eigenvalue weighted by molar-refractivity contribution is 1.19. The standard InChI is InChI=1S/C40H23NS2/c1-2-8-25-21-26(14-13-24(25)7-1)27-15-16-29-23-30(18-17-28(29)22-27)41-35-11-5-3-9-31(35)32-19-20-34-37-33-10-4-6-12-36(33)42-40(37)43-39(34)38(32)41/h1-23H. The van der Waals surface area contributed by atoms with Gasteiger partial charge in [0.05, 0.1) is 19.7 Å². The minimum Gasteiger partial charge on any atom is -0.308 e. The highest BCUT2D eigenvalue weighted by Crippen LogP contribution is 2.48. The van der Waals surface area contributed by atoms with Crippen LogP contribution >= 0.6 is 22.7 Å². The highest BCUT2D eigenvalue weighted by atomic mass is 32.2. The Labute approximate surface area is 255 Å². The van der Waals surface area contributed by atoms with Crippen LogP contribution in [0.1, 0.15) is 0 Å². The van der Waals surface area contributed by atoms with Gasteiger partial charge in [0.2, 0.25) is 0 Å². The molecule has 10 aromatic rings. The molecule has 3 heterocycles. The number of nitrogens with zero attached hydrogens (tertiary/aromatic N) is 1. The van der Waals surface area contributed by atoms with E-state index in [1.165, 1.54) is 89.7 Å². The van der Waals surface area contributed by atoms with Gasteiger partial charge in [0.1, 0.15) is 0 Å². The van der Waals surface area contributed by atoms with Gasteiger partial charge in [0.15, 0.2) is 0 Å². The first-order valence-electron chi connectivity index (χ1n) is 14.6. The average Bonchev–Trinajstić information content (AvgIpc) is 3.72. The van der Waals surface area contributed by atoms with Crippen LogP contribution in [0.2, 0.25) is 0 Å². The van der Waals surface area contributed by atoms with E-state index in [0.29, 0.717) is 0 Å². The summed E-state index contributed by atoms with van der Waals surface area (Å²) in [5.41, 5.74) is 6.25. The molecule has 0 bridgehead atoms. The molecule has 0 saturated carbocycles. The van der Waals surface area contributed by atoms with Crippen LogP contribution in [-0.4, -0.2) is 4.57 Å². The van der Waals surface area contributed by atoms with Crippen molar-refractivity contribution in [3.63, 3.8) is 0 Å². The third-order valence-electron chi connectivity index (χ3n) is 8.98. The first-order chi connectivity index (χ1) is 21.3. The van der Waals surface area contributed by atoms with Crippen molar-refractivity contribution >= 4 is 95.6 Å². The summed E-state index contributed by atoms with van der Waals surface area (Å²) < 4.78 is 6.63. The number of aromatic nitrogens is 1. The lowest BCUT2D eigenvalue weighted by Crippen LogP contribution is -1.94. The van der Waals surface area contributed by atoms with E-state index in [-0.39, 0.29) is 0 Å². The normalized spacial score (nSPS) is 12.2. The highest BCUT2D eigenvalue weighted by molar-refractivity contribution is 7.45. The van der Waals surface area contributed by atoms with E-state index < -0.39 is 0 Å². The molecule has 0 N–H and O–H groups in total. The zero-order valence-electron chi connectivity index (χ0n) is 23.0. The Morgan fingerprint density at radius 1 is 0.442 bits per heavy atom. The second-order valence-electron chi connectivity index (χ2n) is 11.4. The van der Waals surface area contributed by atoms with E-state index in [1.54, 1.807) is 0 Å². The van der Waals surface area contributed by atoms with Crippen LogP contribution in [-0.2, 0) is 0 Å². The second-order valence-corrected chi connectivity index (χ2v) is 13.7. The number of fused-ring (bicyclic) bond motifs is 11. The molecule has 0 aliphatic rings. The first-order valence-corrected chi connectivity index (χ1v) is 16.2. The second kappa shape index (κ2) is 8.78. The van der Waals surface area contributed by atoms with Crippen molar-refractivity contribution in [1.29, 1.82) is 0 Å². The van der Waals surface area contributed by atoms with Gasteiger partial charge in [-0.15, -0.1) is 22.7 Å². The van der Waals surface area contributed by atoms with E-state index in [9.17, 15) is 0 Å².